The van der Waals surface area contributed by atoms with Gasteiger partial charge < -0.3 is 14.6 Å². The molecule has 0 saturated heterocycles. The second-order valence-electron chi connectivity index (χ2n) is 7.00. The van der Waals surface area contributed by atoms with Crippen LogP contribution >= 0.6 is 0 Å². The number of hydrogen-bond donors (Lipinski definition) is 1. The number of para-hydroxylation sites is 1. The highest BCUT2D eigenvalue weighted by Crippen LogP contribution is 2.25. The Morgan fingerprint density at radius 1 is 1.11 bits per heavy atom. The van der Waals surface area contributed by atoms with Crippen LogP contribution in [0.4, 0.5) is 0 Å². The van der Waals surface area contributed by atoms with Gasteiger partial charge in [0.25, 0.3) is 0 Å². The lowest BCUT2D eigenvalue weighted by Gasteiger charge is -2.24. The van der Waals surface area contributed by atoms with E-state index in [0.717, 1.165) is 17.7 Å². The number of ether oxygens (including phenoxy) is 1. The lowest BCUT2D eigenvalue weighted by Crippen LogP contribution is -2.35. The van der Waals surface area contributed by atoms with Crippen molar-refractivity contribution in [2.75, 3.05) is 7.11 Å². The predicted molar refractivity (Wildman–Crippen MR) is 104 cm³/mol. The molecule has 2 atom stereocenters. The molecule has 6 nitrogen and oxygen atoms in total. The van der Waals surface area contributed by atoms with Crippen molar-refractivity contribution >= 4 is 0 Å². The largest absolute Gasteiger partial charge is 0.496 e. The first kappa shape index (κ1) is 19.0. The maximum absolute atomic E-state index is 5.56. The van der Waals surface area contributed by atoms with Crippen LogP contribution in [0.2, 0.25) is 0 Å². The first-order chi connectivity index (χ1) is 13.1. The minimum absolute atomic E-state index is 0.0346. The lowest BCUT2D eigenvalue weighted by atomic mass is 10.0. The fourth-order valence-electron chi connectivity index (χ4n) is 3.09. The Hall–Kier alpha value is -2.73. The maximum atomic E-state index is 5.56. The summed E-state index contributed by atoms with van der Waals surface area (Å²) in [6.45, 7) is 6.43. The molecule has 0 unspecified atom stereocenters. The van der Waals surface area contributed by atoms with E-state index < -0.39 is 0 Å². The van der Waals surface area contributed by atoms with Gasteiger partial charge in [0.2, 0.25) is 11.7 Å². The quantitative estimate of drug-likeness (QED) is 0.648. The zero-order valence-electron chi connectivity index (χ0n) is 16.2. The van der Waals surface area contributed by atoms with Gasteiger partial charge in [-0.3, -0.25) is 4.98 Å². The van der Waals surface area contributed by atoms with E-state index in [9.17, 15) is 0 Å². The molecule has 0 spiro atoms. The van der Waals surface area contributed by atoms with Gasteiger partial charge in [-0.15, -0.1) is 0 Å². The van der Waals surface area contributed by atoms with Crippen molar-refractivity contribution in [3.63, 3.8) is 0 Å². The molecule has 2 aromatic heterocycles. The Morgan fingerprint density at radius 2 is 1.93 bits per heavy atom. The second kappa shape index (κ2) is 8.77. The van der Waals surface area contributed by atoms with Crippen molar-refractivity contribution in [1.29, 1.82) is 0 Å². The van der Waals surface area contributed by atoms with Crippen molar-refractivity contribution in [2.24, 2.45) is 5.92 Å². The third-order valence-electron chi connectivity index (χ3n) is 4.48. The van der Waals surface area contributed by atoms with Crippen LogP contribution in [-0.2, 0) is 6.42 Å². The van der Waals surface area contributed by atoms with Gasteiger partial charge >= 0.3 is 0 Å². The molecular weight excluding hydrogens is 340 g/mol. The average molecular weight is 366 g/mol. The van der Waals surface area contributed by atoms with E-state index >= 15 is 0 Å². The maximum Gasteiger partial charge on any atom is 0.244 e. The summed E-state index contributed by atoms with van der Waals surface area (Å²) < 4.78 is 11.0. The van der Waals surface area contributed by atoms with Crippen molar-refractivity contribution < 1.29 is 9.26 Å². The summed E-state index contributed by atoms with van der Waals surface area (Å²) in [5.74, 6) is 2.36. The minimum Gasteiger partial charge on any atom is -0.496 e. The standard InChI is InChI=1S/C21H26N4O2/c1-14(2)19(21-24-20(25-27-21)17-9-7-11-22-13-17)23-15(3)12-16-8-5-6-10-18(16)26-4/h5-11,13-15,19,23H,12H2,1-4H3/t15-,19+/m1/s1. The normalized spacial score (nSPS) is 13.5. The third-order valence-corrected chi connectivity index (χ3v) is 4.48. The van der Waals surface area contributed by atoms with E-state index in [1.165, 1.54) is 5.56 Å². The van der Waals surface area contributed by atoms with Crippen LogP contribution in [0.15, 0.2) is 53.3 Å². The Bertz CT molecular complexity index is 848. The van der Waals surface area contributed by atoms with Gasteiger partial charge in [-0.05, 0) is 43.0 Å². The molecule has 0 amide bonds. The average Bonchev–Trinajstić information content (AvgIpc) is 3.17. The highest BCUT2D eigenvalue weighted by Gasteiger charge is 2.25. The molecule has 6 heteroatoms. The molecular formula is C21H26N4O2. The van der Waals surface area contributed by atoms with Crippen LogP contribution in [0.5, 0.6) is 5.75 Å². The number of rotatable bonds is 8. The number of benzene rings is 1. The topological polar surface area (TPSA) is 73.1 Å². The zero-order valence-corrected chi connectivity index (χ0v) is 16.2. The van der Waals surface area contributed by atoms with Gasteiger partial charge in [0.15, 0.2) is 0 Å². The third kappa shape index (κ3) is 4.71. The molecule has 27 heavy (non-hydrogen) atoms. The number of nitrogens with one attached hydrogen (secondary N) is 1. The monoisotopic (exact) mass is 366 g/mol. The molecule has 1 N–H and O–H groups in total. The molecule has 0 radical (unpaired) electrons. The van der Waals surface area contributed by atoms with Crippen molar-refractivity contribution in [1.82, 2.24) is 20.4 Å². The van der Waals surface area contributed by atoms with Gasteiger partial charge in [-0.1, -0.05) is 37.2 Å². The molecule has 0 bridgehead atoms. The van der Waals surface area contributed by atoms with Gasteiger partial charge in [0.05, 0.1) is 13.2 Å². The summed E-state index contributed by atoms with van der Waals surface area (Å²) in [6, 6.07) is 12.0. The molecule has 0 saturated carbocycles. The number of nitrogens with zero attached hydrogens (tertiary/aromatic N) is 3. The van der Waals surface area contributed by atoms with Crippen molar-refractivity contribution in [3.8, 4) is 17.1 Å². The van der Waals surface area contributed by atoms with Gasteiger partial charge in [-0.2, -0.15) is 4.98 Å². The summed E-state index contributed by atoms with van der Waals surface area (Å²) in [5.41, 5.74) is 2.01. The molecule has 0 aliphatic rings. The van der Waals surface area contributed by atoms with Crippen LogP contribution in [0.25, 0.3) is 11.4 Å². The van der Waals surface area contributed by atoms with E-state index in [1.54, 1.807) is 19.5 Å². The summed E-state index contributed by atoms with van der Waals surface area (Å²) in [7, 11) is 1.70. The number of pyridine rings is 1. The molecule has 1 aromatic carbocycles. The summed E-state index contributed by atoms with van der Waals surface area (Å²) in [5, 5.41) is 7.75. The molecule has 0 aliphatic heterocycles. The Labute approximate surface area is 160 Å². The van der Waals surface area contributed by atoms with Gasteiger partial charge in [-0.25, -0.2) is 0 Å². The van der Waals surface area contributed by atoms with Crippen molar-refractivity contribution in [2.45, 2.75) is 39.3 Å². The smallest absolute Gasteiger partial charge is 0.244 e. The highest BCUT2D eigenvalue weighted by molar-refractivity contribution is 5.51. The molecule has 0 aliphatic carbocycles. The lowest BCUT2D eigenvalue weighted by molar-refractivity contribution is 0.272. The van der Waals surface area contributed by atoms with Gasteiger partial charge in [0.1, 0.15) is 5.75 Å². The van der Waals surface area contributed by atoms with Crippen LogP contribution in [0.1, 0.15) is 38.3 Å². The molecule has 2 heterocycles. The Kier molecular flexibility index (Phi) is 6.19. The van der Waals surface area contributed by atoms with E-state index in [0.29, 0.717) is 17.6 Å². The molecule has 3 aromatic rings. The number of aromatic nitrogens is 3. The van der Waals surface area contributed by atoms with Crippen LogP contribution in [-0.4, -0.2) is 28.3 Å². The first-order valence-electron chi connectivity index (χ1n) is 9.20. The Morgan fingerprint density at radius 3 is 2.63 bits per heavy atom. The summed E-state index contributed by atoms with van der Waals surface area (Å²) in [4.78, 5) is 8.70. The fraction of sp³-hybridized carbons (Fsp3) is 0.381. The second-order valence-corrected chi connectivity index (χ2v) is 7.00. The highest BCUT2D eigenvalue weighted by atomic mass is 16.5. The molecule has 0 fully saturated rings. The van der Waals surface area contributed by atoms with E-state index in [4.69, 9.17) is 9.26 Å². The zero-order chi connectivity index (χ0) is 19.2. The van der Waals surface area contributed by atoms with Crippen LogP contribution in [0.3, 0.4) is 0 Å². The van der Waals surface area contributed by atoms with E-state index in [-0.39, 0.29) is 12.1 Å². The fourth-order valence-corrected chi connectivity index (χ4v) is 3.09. The molecule has 142 valence electrons. The first-order valence-corrected chi connectivity index (χ1v) is 9.20. The minimum atomic E-state index is -0.0346. The number of methoxy groups -OCH3 is 1. The molecule has 3 rings (SSSR count). The van der Waals surface area contributed by atoms with E-state index in [1.807, 2.05) is 30.3 Å². The Balaban J connectivity index is 1.73. The summed E-state index contributed by atoms with van der Waals surface area (Å²) >= 11 is 0. The van der Waals surface area contributed by atoms with Gasteiger partial charge in [0, 0.05) is 24.0 Å². The predicted octanol–water partition coefficient (Wildman–Crippen LogP) is 4.06. The van der Waals surface area contributed by atoms with E-state index in [2.05, 4.69) is 47.3 Å². The van der Waals surface area contributed by atoms with Crippen LogP contribution in [0, 0.1) is 5.92 Å². The number of hydrogen-bond acceptors (Lipinski definition) is 6. The van der Waals surface area contributed by atoms with Crippen molar-refractivity contribution in [3.05, 3.63) is 60.2 Å². The SMILES string of the molecule is COc1ccccc1C[C@@H](C)N[C@H](c1nc(-c2cccnc2)no1)C(C)C. The van der Waals surface area contributed by atoms with Crippen LogP contribution < -0.4 is 10.1 Å². The summed E-state index contributed by atoms with van der Waals surface area (Å²) in [6.07, 6.45) is 4.30.